The van der Waals surface area contributed by atoms with Gasteiger partial charge in [0.1, 0.15) is 24.0 Å². The van der Waals surface area contributed by atoms with Gasteiger partial charge in [-0.3, -0.25) is 19.9 Å². The van der Waals surface area contributed by atoms with E-state index in [-0.39, 0.29) is 35.2 Å². The van der Waals surface area contributed by atoms with Crippen molar-refractivity contribution in [1.82, 2.24) is 9.97 Å². The lowest BCUT2D eigenvalue weighted by Gasteiger charge is -2.11. The molecule has 2 N–H and O–H groups in total. The minimum absolute atomic E-state index is 0.0219. The summed E-state index contributed by atoms with van der Waals surface area (Å²) >= 11 is 0. The van der Waals surface area contributed by atoms with Gasteiger partial charge in [-0.25, -0.2) is 10.4 Å². The number of aromatic nitrogens is 2. The van der Waals surface area contributed by atoms with Gasteiger partial charge in [-0.1, -0.05) is 42.5 Å². The second-order valence-electron chi connectivity index (χ2n) is 7.57. The van der Waals surface area contributed by atoms with Crippen LogP contribution in [0.15, 0.2) is 82.7 Å². The molecule has 11 heteroatoms. The summed E-state index contributed by atoms with van der Waals surface area (Å²) < 4.78 is 11.1. The van der Waals surface area contributed by atoms with Crippen LogP contribution in [-0.4, -0.2) is 28.2 Å². The maximum Gasteiger partial charge on any atom is 0.310 e. The maximum atomic E-state index is 12.4. The highest BCUT2D eigenvalue weighted by Gasteiger charge is 2.15. The number of ether oxygens (including phenoxy) is 2. The molecule has 3 aromatic carbocycles. The first-order chi connectivity index (χ1) is 18.0. The predicted molar refractivity (Wildman–Crippen MR) is 137 cm³/mol. The number of para-hydroxylation sites is 2. The predicted octanol–water partition coefficient (Wildman–Crippen LogP) is 4.25. The zero-order valence-corrected chi connectivity index (χ0v) is 19.5. The van der Waals surface area contributed by atoms with Crippen LogP contribution >= 0.6 is 0 Å². The fraction of sp³-hybridized carbons (Fsp3) is 0.0769. The first-order valence-corrected chi connectivity index (χ1v) is 10.9. The average Bonchev–Trinajstić information content (AvgIpc) is 2.92. The SMILES string of the molecule is COc1ccc(C=NNc2nc(-c3ccccc3)c(C#N)c(=O)[nH]2)cc1COc1ccccc1[N+](=O)[O-]. The summed E-state index contributed by atoms with van der Waals surface area (Å²) in [5, 5.41) is 24.8. The third kappa shape index (κ3) is 5.77. The molecule has 0 atom stereocenters. The van der Waals surface area contributed by atoms with Crippen LogP contribution in [0, 0.1) is 21.4 Å². The molecule has 0 fully saturated rings. The van der Waals surface area contributed by atoms with Crippen molar-refractivity contribution in [3.63, 3.8) is 0 Å². The number of nitriles is 1. The Morgan fingerprint density at radius 1 is 1.14 bits per heavy atom. The number of hydrazone groups is 1. The number of methoxy groups -OCH3 is 1. The molecule has 1 aromatic heterocycles. The number of nitrogens with zero attached hydrogens (tertiary/aromatic N) is 4. The van der Waals surface area contributed by atoms with E-state index in [0.29, 0.717) is 22.4 Å². The standard InChI is InChI=1S/C26H20N6O5/c1-36-22-12-11-17(13-19(22)16-37-23-10-6-5-9-21(23)32(34)35)15-28-31-26-29-24(18-7-3-2-4-8-18)20(14-27)25(33)30-26/h2-13,15H,16H2,1H3,(H2,29,30,31,33). The minimum Gasteiger partial charge on any atom is -0.496 e. The number of H-pyrrole nitrogens is 1. The van der Waals surface area contributed by atoms with E-state index in [1.165, 1.54) is 25.5 Å². The fourth-order valence-corrected chi connectivity index (χ4v) is 3.48. The van der Waals surface area contributed by atoms with Crippen LogP contribution in [0.3, 0.4) is 0 Å². The number of hydrogen-bond acceptors (Lipinski definition) is 9. The third-order valence-electron chi connectivity index (χ3n) is 5.21. The van der Waals surface area contributed by atoms with E-state index in [4.69, 9.17) is 9.47 Å². The first kappa shape index (κ1) is 24.6. The van der Waals surface area contributed by atoms with Crippen molar-refractivity contribution in [2.75, 3.05) is 12.5 Å². The minimum atomic E-state index is -0.590. The van der Waals surface area contributed by atoms with Gasteiger partial charge in [0.15, 0.2) is 5.75 Å². The maximum absolute atomic E-state index is 12.4. The third-order valence-corrected chi connectivity index (χ3v) is 5.21. The van der Waals surface area contributed by atoms with Crippen LogP contribution in [0.5, 0.6) is 11.5 Å². The molecule has 0 saturated carbocycles. The number of rotatable bonds is 9. The van der Waals surface area contributed by atoms with Crippen LogP contribution in [-0.2, 0) is 6.61 Å². The molecule has 0 unspecified atom stereocenters. The summed E-state index contributed by atoms with van der Waals surface area (Å²) in [6.45, 7) is 0.0219. The summed E-state index contributed by atoms with van der Waals surface area (Å²) in [6.07, 6.45) is 1.49. The highest BCUT2D eigenvalue weighted by Crippen LogP contribution is 2.28. The number of nitro groups is 1. The van der Waals surface area contributed by atoms with Crippen LogP contribution in [0.1, 0.15) is 16.7 Å². The summed E-state index contributed by atoms with van der Waals surface area (Å²) in [7, 11) is 1.51. The van der Waals surface area contributed by atoms with E-state index in [1.807, 2.05) is 12.1 Å². The lowest BCUT2D eigenvalue weighted by Crippen LogP contribution is -2.16. The van der Waals surface area contributed by atoms with Gasteiger partial charge in [0, 0.05) is 17.2 Å². The van der Waals surface area contributed by atoms with Crippen molar-refractivity contribution >= 4 is 17.9 Å². The molecule has 0 radical (unpaired) electrons. The Morgan fingerprint density at radius 2 is 1.89 bits per heavy atom. The Balaban J connectivity index is 1.53. The molecule has 184 valence electrons. The van der Waals surface area contributed by atoms with E-state index < -0.39 is 10.5 Å². The molecule has 4 rings (SSSR count). The van der Waals surface area contributed by atoms with E-state index in [9.17, 15) is 20.2 Å². The Kier molecular flexibility index (Phi) is 7.51. The normalized spacial score (nSPS) is 10.6. The van der Waals surface area contributed by atoms with Gasteiger partial charge in [0.2, 0.25) is 5.95 Å². The van der Waals surface area contributed by atoms with Crippen LogP contribution in [0.25, 0.3) is 11.3 Å². The Bertz CT molecular complexity index is 1560. The highest BCUT2D eigenvalue weighted by atomic mass is 16.6. The molecular weight excluding hydrogens is 476 g/mol. The lowest BCUT2D eigenvalue weighted by molar-refractivity contribution is -0.385. The number of benzene rings is 3. The second kappa shape index (κ2) is 11.3. The molecule has 0 aliphatic rings. The van der Waals surface area contributed by atoms with Crippen molar-refractivity contribution in [1.29, 1.82) is 5.26 Å². The summed E-state index contributed by atoms with van der Waals surface area (Å²) in [4.78, 5) is 30.0. The van der Waals surface area contributed by atoms with Crippen molar-refractivity contribution in [2.45, 2.75) is 6.61 Å². The van der Waals surface area contributed by atoms with E-state index in [2.05, 4.69) is 20.5 Å². The summed E-state index contributed by atoms with van der Waals surface area (Å²) in [5.41, 5.74) is 4.01. The van der Waals surface area contributed by atoms with Crippen LogP contribution in [0.2, 0.25) is 0 Å². The summed E-state index contributed by atoms with van der Waals surface area (Å²) in [6, 6.07) is 22.1. The molecule has 0 aliphatic carbocycles. The van der Waals surface area contributed by atoms with Gasteiger partial charge < -0.3 is 9.47 Å². The molecular formula is C26H20N6O5. The Hall–Kier alpha value is -5.50. The van der Waals surface area contributed by atoms with Gasteiger partial charge in [-0.2, -0.15) is 10.4 Å². The van der Waals surface area contributed by atoms with Gasteiger partial charge in [-0.05, 0) is 29.8 Å². The van der Waals surface area contributed by atoms with Gasteiger partial charge in [0.25, 0.3) is 5.56 Å². The van der Waals surface area contributed by atoms with Gasteiger partial charge in [0.05, 0.1) is 23.9 Å². The molecule has 4 aromatic rings. The topological polar surface area (TPSA) is 156 Å². The smallest absolute Gasteiger partial charge is 0.310 e. The Labute approximate surface area is 210 Å². The first-order valence-electron chi connectivity index (χ1n) is 10.9. The zero-order valence-electron chi connectivity index (χ0n) is 19.5. The van der Waals surface area contributed by atoms with E-state index in [1.54, 1.807) is 54.6 Å². The molecule has 0 saturated heterocycles. The quantitative estimate of drug-likeness (QED) is 0.198. The molecule has 11 nitrogen and oxygen atoms in total. The number of hydrogen-bond donors (Lipinski definition) is 2. The molecule has 37 heavy (non-hydrogen) atoms. The van der Waals surface area contributed by atoms with Crippen molar-refractivity contribution in [3.8, 4) is 28.8 Å². The largest absolute Gasteiger partial charge is 0.496 e. The van der Waals surface area contributed by atoms with Crippen molar-refractivity contribution in [3.05, 3.63) is 110 Å². The number of nitrogens with one attached hydrogen (secondary N) is 2. The number of nitro benzene ring substituents is 1. The molecule has 0 amide bonds. The second-order valence-corrected chi connectivity index (χ2v) is 7.57. The van der Waals surface area contributed by atoms with Crippen LogP contribution in [0.4, 0.5) is 11.6 Å². The van der Waals surface area contributed by atoms with Crippen molar-refractivity contribution in [2.24, 2.45) is 5.10 Å². The number of anilines is 1. The molecule has 0 spiro atoms. The monoisotopic (exact) mass is 496 g/mol. The van der Waals surface area contributed by atoms with Gasteiger partial charge >= 0.3 is 5.69 Å². The van der Waals surface area contributed by atoms with Gasteiger partial charge in [-0.15, -0.1) is 0 Å². The average molecular weight is 496 g/mol. The fourth-order valence-electron chi connectivity index (χ4n) is 3.48. The Morgan fingerprint density at radius 3 is 2.62 bits per heavy atom. The van der Waals surface area contributed by atoms with Crippen molar-refractivity contribution < 1.29 is 14.4 Å². The molecule has 1 heterocycles. The highest BCUT2D eigenvalue weighted by molar-refractivity contribution is 5.81. The zero-order chi connectivity index (χ0) is 26.2. The summed E-state index contributed by atoms with van der Waals surface area (Å²) in [5.74, 6) is 0.738. The van der Waals surface area contributed by atoms with Crippen LogP contribution < -0.4 is 20.5 Å². The molecule has 0 aliphatic heterocycles. The number of aromatic amines is 1. The molecule has 0 bridgehead atoms. The van der Waals surface area contributed by atoms with E-state index in [0.717, 1.165) is 0 Å². The lowest BCUT2D eigenvalue weighted by atomic mass is 10.1. The van der Waals surface area contributed by atoms with E-state index >= 15 is 0 Å².